The highest BCUT2D eigenvalue weighted by Crippen LogP contribution is 2.27. The van der Waals surface area contributed by atoms with E-state index in [2.05, 4.69) is 52.1 Å². The van der Waals surface area contributed by atoms with E-state index in [9.17, 15) is 5.11 Å². The van der Waals surface area contributed by atoms with Gasteiger partial charge in [-0.2, -0.15) is 0 Å². The molecule has 4 nitrogen and oxygen atoms in total. The molecule has 0 bridgehead atoms. The molecular formula is C27H28ClN3O. The molecular weight excluding hydrogens is 418 g/mol. The SMILES string of the molecule is CC1(O)CCN(CCn2ccc3cc(-c4ccc(-c5ccc(Cl)cc5)cn4)ccc32)CC1. The fourth-order valence-electron chi connectivity index (χ4n) is 4.44. The number of halogens is 1. The van der Waals surface area contributed by atoms with Gasteiger partial charge in [0.1, 0.15) is 0 Å². The first-order valence-corrected chi connectivity index (χ1v) is 11.6. The minimum atomic E-state index is -0.492. The molecule has 3 heterocycles. The molecule has 0 spiro atoms. The summed E-state index contributed by atoms with van der Waals surface area (Å²) in [5, 5.41) is 12.1. The number of aromatic nitrogens is 2. The summed E-state index contributed by atoms with van der Waals surface area (Å²) in [6.07, 6.45) is 5.80. The zero-order valence-electron chi connectivity index (χ0n) is 18.3. The van der Waals surface area contributed by atoms with Crippen LogP contribution in [0.3, 0.4) is 0 Å². The van der Waals surface area contributed by atoms with E-state index in [1.165, 1.54) is 10.9 Å². The molecule has 0 aliphatic carbocycles. The van der Waals surface area contributed by atoms with Gasteiger partial charge in [-0.15, -0.1) is 0 Å². The van der Waals surface area contributed by atoms with E-state index < -0.39 is 5.60 Å². The van der Waals surface area contributed by atoms with Gasteiger partial charge in [0.05, 0.1) is 11.3 Å². The van der Waals surface area contributed by atoms with Crippen LogP contribution in [-0.2, 0) is 6.54 Å². The lowest BCUT2D eigenvalue weighted by Gasteiger charge is -2.35. The van der Waals surface area contributed by atoms with Crippen LogP contribution in [-0.4, -0.2) is 44.8 Å². The summed E-state index contributed by atoms with van der Waals surface area (Å²) >= 11 is 5.99. The molecule has 0 atom stereocenters. The Kier molecular flexibility index (Phi) is 5.76. The summed E-state index contributed by atoms with van der Waals surface area (Å²) in [6.45, 7) is 5.85. The van der Waals surface area contributed by atoms with E-state index in [4.69, 9.17) is 16.6 Å². The van der Waals surface area contributed by atoms with Gasteiger partial charge in [0.25, 0.3) is 0 Å². The molecule has 1 saturated heterocycles. The number of benzene rings is 2. The highest BCUT2D eigenvalue weighted by molar-refractivity contribution is 6.30. The maximum Gasteiger partial charge on any atom is 0.0702 e. The van der Waals surface area contributed by atoms with Gasteiger partial charge in [-0.3, -0.25) is 4.98 Å². The topological polar surface area (TPSA) is 41.3 Å². The first kappa shape index (κ1) is 21.2. The lowest BCUT2D eigenvalue weighted by atomic mass is 9.94. The molecule has 0 radical (unpaired) electrons. The molecule has 5 heteroatoms. The third-order valence-electron chi connectivity index (χ3n) is 6.60. The number of likely N-dealkylation sites (tertiary alicyclic amines) is 1. The molecule has 2 aromatic heterocycles. The van der Waals surface area contributed by atoms with Gasteiger partial charge in [-0.25, -0.2) is 0 Å². The number of aliphatic hydroxyl groups is 1. The Labute approximate surface area is 194 Å². The molecule has 164 valence electrons. The quantitative estimate of drug-likeness (QED) is 0.417. The van der Waals surface area contributed by atoms with E-state index in [1.807, 2.05) is 37.4 Å². The first-order valence-electron chi connectivity index (χ1n) is 11.2. The number of rotatable bonds is 5. The van der Waals surface area contributed by atoms with Crippen molar-refractivity contribution in [3.05, 3.63) is 78.1 Å². The van der Waals surface area contributed by atoms with Crippen molar-refractivity contribution in [3.63, 3.8) is 0 Å². The average Bonchev–Trinajstić information content (AvgIpc) is 3.21. The number of hydrogen-bond acceptors (Lipinski definition) is 3. The fraction of sp³-hybridized carbons (Fsp3) is 0.296. The van der Waals surface area contributed by atoms with Crippen LogP contribution in [0.1, 0.15) is 19.8 Å². The molecule has 1 aliphatic heterocycles. The van der Waals surface area contributed by atoms with Crippen molar-refractivity contribution in [2.75, 3.05) is 19.6 Å². The van der Waals surface area contributed by atoms with E-state index in [1.54, 1.807) is 0 Å². The molecule has 0 amide bonds. The van der Waals surface area contributed by atoms with Gasteiger partial charge in [0.2, 0.25) is 0 Å². The van der Waals surface area contributed by atoms with Crippen LogP contribution in [0.5, 0.6) is 0 Å². The predicted molar refractivity (Wildman–Crippen MR) is 132 cm³/mol. The zero-order valence-corrected chi connectivity index (χ0v) is 19.1. The standard InChI is InChI=1S/C27H28ClN3O/c1-27(32)11-14-30(15-12-27)16-17-31-13-10-22-18-21(5-9-26(22)31)25-8-4-23(19-29-25)20-2-6-24(28)7-3-20/h2-10,13,18-19,32H,11-12,14-17H2,1H3. The van der Waals surface area contributed by atoms with E-state index in [-0.39, 0.29) is 0 Å². The minimum Gasteiger partial charge on any atom is -0.390 e. The van der Waals surface area contributed by atoms with Crippen LogP contribution >= 0.6 is 11.6 Å². The summed E-state index contributed by atoms with van der Waals surface area (Å²) in [5.41, 5.74) is 5.04. The minimum absolute atomic E-state index is 0.492. The van der Waals surface area contributed by atoms with Gasteiger partial charge < -0.3 is 14.6 Å². The lowest BCUT2D eigenvalue weighted by molar-refractivity contribution is -0.00583. The molecule has 1 aliphatic rings. The number of fused-ring (bicyclic) bond motifs is 1. The smallest absolute Gasteiger partial charge is 0.0702 e. The summed E-state index contributed by atoms with van der Waals surface area (Å²) < 4.78 is 2.32. The monoisotopic (exact) mass is 445 g/mol. The molecule has 32 heavy (non-hydrogen) atoms. The van der Waals surface area contributed by atoms with E-state index >= 15 is 0 Å². The third-order valence-corrected chi connectivity index (χ3v) is 6.85. The first-order chi connectivity index (χ1) is 15.5. The Hall–Kier alpha value is -2.66. The maximum absolute atomic E-state index is 10.1. The summed E-state index contributed by atoms with van der Waals surface area (Å²) in [4.78, 5) is 7.15. The zero-order chi connectivity index (χ0) is 22.1. The Balaban J connectivity index is 1.29. The second-order valence-electron chi connectivity index (χ2n) is 9.06. The summed E-state index contributed by atoms with van der Waals surface area (Å²) in [6, 6.07) is 20.8. The van der Waals surface area contributed by atoms with Gasteiger partial charge in [-0.1, -0.05) is 35.9 Å². The highest BCUT2D eigenvalue weighted by atomic mass is 35.5. The largest absolute Gasteiger partial charge is 0.390 e. The van der Waals surface area contributed by atoms with Crippen LogP contribution in [0.4, 0.5) is 0 Å². The second kappa shape index (κ2) is 8.70. The van der Waals surface area contributed by atoms with Crippen LogP contribution in [0.2, 0.25) is 5.02 Å². The fourth-order valence-corrected chi connectivity index (χ4v) is 4.57. The average molecular weight is 446 g/mol. The molecule has 0 unspecified atom stereocenters. The number of piperidine rings is 1. The van der Waals surface area contributed by atoms with Crippen molar-refractivity contribution >= 4 is 22.5 Å². The van der Waals surface area contributed by atoms with Crippen molar-refractivity contribution in [2.45, 2.75) is 31.9 Å². The molecule has 2 aromatic carbocycles. The summed E-state index contributed by atoms with van der Waals surface area (Å²) in [5.74, 6) is 0. The Morgan fingerprint density at radius 1 is 0.906 bits per heavy atom. The molecule has 1 fully saturated rings. The van der Waals surface area contributed by atoms with Crippen molar-refractivity contribution in [3.8, 4) is 22.4 Å². The highest BCUT2D eigenvalue weighted by Gasteiger charge is 2.26. The van der Waals surface area contributed by atoms with Gasteiger partial charge in [0, 0.05) is 65.6 Å². The van der Waals surface area contributed by atoms with Crippen LogP contribution in [0, 0.1) is 0 Å². The van der Waals surface area contributed by atoms with Crippen molar-refractivity contribution < 1.29 is 5.11 Å². The molecule has 0 saturated carbocycles. The van der Waals surface area contributed by atoms with E-state index in [0.29, 0.717) is 0 Å². The van der Waals surface area contributed by atoms with Crippen molar-refractivity contribution in [2.24, 2.45) is 0 Å². The second-order valence-corrected chi connectivity index (χ2v) is 9.50. The number of hydrogen-bond donors (Lipinski definition) is 1. The third kappa shape index (κ3) is 4.58. The molecule has 1 N–H and O–H groups in total. The van der Waals surface area contributed by atoms with Crippen LogP contribution in [0.25, 0.3) is 33.3 Å². The Morgan fingerprint density at radius 2 is 1.62 bits per heavy atom. The predicted octanol–water partition coefficient (Wildman–Crippen LogP) is 5.87. The van der Waals surface area contributed by atoms with Gasteiger partial charge in [-0.05, 0) is 61.7 Å². The normalized spacial score (nSPS) is 16.5. The van der Waals surface area contributed by atoms with Gasteiger partial charge >= 0.3 is 0 Å². The van der Waals surface area contributed by atoms with Gasteiger partial charge in [0.15, 0.2) is 0 Å². The Bertz CT molecular complexity index is 1200. The van der Waals surface area contributed by atoms with E-state index in [0.717, 1.165) is 66.4 Å². The van der Waals surface area contributed by atoms with Crippen molar-refractivity contribution in [1.82, 2.24) is 14.5 Å². The molecule has 4 aromatic rings. The number of nitrogens with zero attached hydrogens (tertiary/aromatic N) is 3. The molecule has 5 rings (SSSR count). The number of pyridine rings is 1. The maximum atomic E-state index is 10.1. The Morgan fingerprint density at radius 3 is 2.34 bits per heavy atom. The summed E-state index contributed by atoms with van der Waals surface area (Å²) in [7, 11) is 0. The van der Waals surface area contributed by atoms with Crippen LogP contribution in [0.15, 0.2) is 73.1 Å². The lowest BCUT2D eigenvalue weighted by Crippen LogP contribution is -2.43. The van der Waals surface area contributed by atoms with Crippen molar-refractivity contribution in [1.29, 1.82) is 0 Å². The van der Waals surface area contributed by atoms with Crippen LogP contribution < -0.4 is 0 Å².